The summed E-state index contributed by atoms with van der Waals surface area (Å²) in [6.45, 7) is 4.59. The molecule has 0 saturated heterocycles. The van der Waals surface area contributed by atoms with E-state index in [-0.39, 0.29) is 18.9 Å². The molecule has 3 nitrogen and oxygen atoms in total. The topological polar surface area (TPSA) is 40.5 Å². The number of carbonyl (C=O) groups excluding carboxylic acids is 1. The van der Waals surface area contributed by atoms with Gasteiger partial charge in [0.15, 0.2) is 5.78 Å². The number of hydrogen-bond donors (Lipinski definition) is 1. The van der Waals surface area contributed by atoms with Crippen molar-refractivity contribution in [1.82, 2.24) is 4.90 Å². The van der Waals surface area contributed by atoms with Crippen molar-refractivity contribution in [2.24, 2.45) is 0 Å². The number of rotatable bonds is 7. The number of aliphatic hydroxyl groups is 1. The Labute approximate surface area is 118 Å². The molecule has 1 aromatic carbocycles. The number of ketones is 1. The molecule has 0 aliphatic heterocycles. The Morgan fingerprint density at radius 3 is 2.55 bits per heavy atom. The van der Waals surface area contributed by atoms with Gasteiger partial charge in [0.1, 0.15) is 0 Å². The Hall–Kier alpha value is -1.33. The molecule has 1 unspecified atom stereocenters. The minimum absolute atomic E-state index is 0.0576. The van der Waals surface area contributed by atoms with Gasteiger partial charge in [0.05, 0.1) is 19.2 Å². The molecule has 0 bridgehead atoms. The van der Waals surface area contributed by atoms with Crippen LogP contribution in [0.2, 0.25) is 0 Å². The van der Waals surface area contributed by atoms with E-state index < -0.39 is 19.0 Å². The molecular formula is C15H21F2NO2. The van der Waals surface area contributed by atoms with Gasteiger partial charge in [-0.3, -0.25) is 9.69 Å². The van der Waals surface area contributed by atoms with Crippen LogP contribution in [-0.4, -0.2) is 48.0 Å². The van der Waals surface area contributed by atoms with Gasteiger partial charge in [-0.1, -0.05) is 17.7 Å². The zero-order valence-corrected chi connectivity index (χ0v) is 12.1. The molecule has 1 aromatic rings. The van der Waals surface area contributed by atoms with E-state index in [4.69, 9.17) is 5.11 Å². The van der Waals surface area contributed by atoms with Gasteiger partial charge < -0.3 is 5.11 Å². The Morgan fingerprint density at radius 1 is 1.35 bits per heavy atom. The second-order valence-electron chi connectivity index (χ2n) is 4.97. The fourth-order valence-corrected chi connectivity index (χ4v) is 2.14. The predicted octanol–water partition coefficient (Wildman–Crippen LogP) is 2.43. The van der Waals surface area contributed by atoms with Crippen LogP contribution in [-0.2, 0) is 0 Å². The van der Waals surface area contributed by atoms with Crippen molar-refractivity contribution in [3.8, 4) is 0 Å². The lowest BCUT2D eigenvalue weighted by atomic mass is 9.97. The molecule has 0 heterocycles. The highest BCUT2D eigenvalue weighted by molar-refractivity contribution is 6.01. The molecule has 0 spiro atoms. The molecule has 112 valence electrons. The molecule has 0 fully saturated rings. The molecule has 0 amide bonds. The lowest BCUT2D eigenvalue weighted by molar-refractivity contribution is 0.0514. The summed E-state index contributed by atoms with van der Waals surface area (Å²) >= 11 is 0. The number of aryl methyl sites for hydroxylation is 2. The van der Waals surface area contributed by atoms with E-state index in [2.05, 4.69) is 0 Å². The number of Topliss-reactive ketones (excluding diaryl/α,β-unsaturated/α-hetero) is 1. The normalized spacial score (nSPS) is 13.0. The van der Waals surface area contributed by atoms with Crippen molar-refractivity contribution in [1.29, 1.82) is 0 Å². The van der Waals surface area contributed by atoms with Crippen molar-refractivity contribution in [2.75, 3.05) is 19.7 Å². The standard InChI is InChI=1S/C15H21F2NO2/c1-10-4-5-11(2)13(8-10)15(20)12(3)18(6-7-19)9-14(16)17/h4-5,8,12,14,19H,6-7,9H2,1-3H3. The summed E-state index contributed by atoms with van der Waals surface area (Å²) in [6, 6.07) is 4.84. The second-order valence-corrected chi connectivity index (χ2v) is 4.97. The van der Waals surface area contributed by atoms with Crippen LogP contribution in [0.25, 0.3) is 0 Å². The third-order valence-electron chi connectivity index (χ3n) is 3.35. The van der Waals surface area contributed by atoms with Gasteiger partial charge in [0, 0.05) is 12.1 Å². The maximum absolute atomic E-state index is 12.5. The summed E-state index contributed by atoms with van der Waals surface area (Å²) in [5.74, 6) is -0.194. The van der Waals surface area contributed by atoms with Crippen molar-refractivity contribution in [3.63, 3.8) is 0 Å². The predicted molar refractivity (Wildman–Crippen MR) is 74.4 cm³/mol. The molecule has 0 aliphatic carbocycles. The van der Waals surface area contributed by atoms with E-state index in [9.17, 15) is 13.6 Å². The van der Waals surface area contributed by atoms with Crippen molar-refractivity contribution in [2.45, 2.75) is 33.2 Å². The lowest BCUT2D eigenvalue weighted by Gasteiger charge is -2.27. The van der Waals surface area contributed by atoms with Crippen LogP contribution in [0.1, 0.15) is 28.4 Å². The highest BCUT2D eigenvalue weighted by atomic mass is 19.3. The lowest BCUT2D eigenvalue weighted by Crippen LogP contribution is -2.43. The Kier molecular flexibility index (Phi) is 6.23. The first-order valence-corrected chi connectivity index (χ1v) is 6.61. The molecule has 1 N–H and O–H groups in total. The van der Waals surface area contributed by atoms with Gasteiger partial charge in [-0.25, -0.2) is 8.78 Å². The third-order valence-corrected chi connectivity index (χ3v) is 3.35. The summed E-state index contributed by atoms with van der Waals surface area (Å²) in [4.78, 5) is 13.8. The molecule has 0 radical (unpaired) electrons. The molecule has 0 aromatic heterocycles. The zero-order chi connectivity index (χ0) is 15.3. The van der Waals surface area contributed by atoms with E-state index in [0.29, 0.717) is 5.56 Å². The monoisotopic (exact) mass is 285 g/mol. The van der Waals surface area contributed by atoms with Crippen LogP contribution < -0.4 is 0 Å². The fourth-order valence-electron chi connectivity index (χ4n) is 2.14. The molecular weight excluding hydrogens is 264 g/mol. The molecule has 0 saturated carbocycles. The molecule has 1 atom stereocenters. The van der Waals surface area contributed by atoms with Crippen molar-refractivity contribution in [3.05, 3.63) is 34.9 Å². The molecule has 1 rings (SSSR count). The van der Waals surface area contributed by atoms with E-state index in [1.165, 1.54) is 4.90 Å². The smallest absolute Gasteiger partial charge is 0.251 e. The Morgan fingerprint density at radius 2 is 2.00 bits per heavy atom. The van der Waals surface area contributed by atoms with Crippen molar-refractivity contribution >= 4 is 5.78 Å². The van der Waals surface area contributed by atoms with Crippen LogP contribution in [0, 0.1) is 13.8 Å². The van der Waals surface area contributed by atoms with Gasteiger partial charge in [-0.05, 0) is 32.4 Å². The van der Waals surface area contributed by atoms with Gasteiger partial charge in [0.2, 0.25) is 0 Å². The first-order valence-electron chi connectivity index (χ1n) is 6.61. The number of halogens is 2. The summed E-state index contributed by atoms with van der Waals surface area (Å²) in [5.41, 5.74) is 2.33. The van der Waals surface area contributed by atoms with Gasteiger partial charge in [0.25, 0.3) is 6.43 Å². The number of benzene rings is 1. The van der Waals surface area contributed by atoms with Crippen LogP contribution in [0.4, 0.5) is 8.78 Å². The minimum atomic E-state index is -2.53. The number of aliphatic hydroxyl groups excluding tert-OH is 1. The summed E-state index contributed by atoms with van der Waals surface area (Å²) in [7, 11) is 0. The van der Waals surface area contributed by atoms with Gasteiger partial charge in [-0.15, -0.1) is 0 Å². The van der Waals surface area contributed by atoms with Crippen LogP contribution in [0.5, 0.6) is 0 Å². The summed E-state index contributed by atoms with van der Waals surface area (Å²) in [6.07, 6.45) is -2.53. The Balaban J connectivity index is 2.95. The van der Waals surface area contributed by atoms with Crippen LogP contribution >= 0.6 is 0 Å². The first-order chi connectivity index (χ1) is 9.36. The highest BCUT2D eigenvalue weighted by Crippen LogP contribution is 2.16. The summed E-state index contributed by atoms with van der Waals surface area (Å²) < 4.78 is 25.1. The number of nitrogens with zero attached hydrogens (tertiary/aromatic N) is 1. The van der Waals surface area contributed by atoms with Crippen LogP contribution in [0.15, 0.2) is 18.2 Å². The second kappa shape index (κ2) is 7.45. The maximum Gasteiger partial charge on any atom is 0.251 e. The van der Waals surface area contributed by atoms with Gasteiger partial charge in [-0.2, -0.15) is 0 Å². The SMILES string of the molecule is Cc1ccc(C)c(C(=O)C(C)N(CCO)CC(F)F)c1. The average molecular weight is 285 g/mol. The maximum atomic E-state index is 12.5. The van der Waals surface area contributed by atoms with Gasteiger partial charge >= 0.3 is 0 Å². The fraction of sp³-hybridized carbons (Fsp3) is 0.533. The largest absolute Gasteiger partial charge is 0.395 e. The quantitative estimate of drug-likeness (QED) is 0.782. The number of alkyl halides is 2. The first kappa shape index (κ1) is 16.7. The molecule has 20 heavy (non-hydrogen) atoms. The average Bonchev–Trinajstić information content (AvgIpc) is 2.39. The van der Waals surface area contributed by atoms with E-state index in [1.807, 2.05) is 26.0 Å². The summed E-state index contributed by atoms with van der Waals surface area (Å²) in [5, 5.41) is 8.95. The Bertz CT molecular complexity index is 463. The molecule has 5 heteroatoms. The van der Waals surface area contributed by atoms with E-state index >= 15 is 0 Å². The van der Waals surface area contributed by atoms with E-state index in [1.54, 1.807) is 13.0 Å². The highest BCUT2D eigenvalue weighted by Gasteiger charge is 2.25. The minimum Gasteiger partial charge on any atom is -0.395 e. The zero-order valence-electron chi connectivity index (χ0n) is 12.1. The third kappa shape index (κ3) is 4.35. The number of carbonyl (C=O) groups is 1. The molecule has 0 aliphatic rings. The number of hydrogen-bond acceptors (Lipinski definition) is 3. The van der Waals surface area contributed by atoms with Crippen molar-refractivity contribution < 1.29 is 18.7 Å². The van der Waals surface area contributed by atoms with E-state index in [0.717, 1.165) is 11.1 Å². The van der Waals surface area contributed by atoms with Crippen LogP contribution in [0.3, 0.4) is 0 Å².